The lowest BCUT2D eigenvalue weighted by atomic mass is 10.1. The summed E-state index contributed by atoms with van der Waals surface area (Å²) in [5.41, 5.74) is 0.802. The number of aliphatic imine (C=N–C) groups is 1. The van der Waals surface area contributed by atoms with Crippen LogP contribution in [0.3, 0.4) is 0 Å². The fourth-order valence-corrected chi connectivity index (χ4v) is 3.26. The van der Waals surface area contributed by atoms with E-state index >= 15 is 0 Å². The summed E-state index contributed by atoms with van der Waals surface area (Å²) in [7, 11) is 1.78. The van der Waals surface area contributed by atoms with Crippen LogP contribution in [-0.4, -0.2) is 49.1 Å². The van der Waals surface area contributed by atoms with E-state index in [1.807, 2.05) is 12.1 Å². The van der Waals surface area contributed by atoms with E-state index in [9.17, 15) is 4.39 Å². The first-order valence-corrected chi connectivity index (χ1v) is 8.91. The van der Waals surface area contributed by atoms with Crippen molar-refractivity contribution in [2.45, 2.75) is 58.2 Å². The van der Waals surface area contributed by atoms with Crippen molar-refractivity contribution in [3.05, 3.63) is 35.6 Å². The summed E-state index contributed by atoms with van der Waals surface area (Å²) >= 11 is 0. The highest BCUT2D eigenvalue weighted by molar-refractivity contribution is 14.0. The van der Waals surface area contributed by atoms with Gasteiger partial charge in [-0.1, -0.05) is 18.2 Å². The molecule has 2 unspecified atom stereocenters. The highest BCUT2D eigenvalue weighted by atomic mass is 127. The molecular formula is C19H32FIN4. The Morgan fingerprint density at radius 1 is 1.24 bits per heavy atom. The van der Waals surface area contributed by atoms with Crippen LogP contribution >= 0.6 is 24.0 Å². The summed E-state index contributed by atoms with van der Waals surface area (Å²) < 4.78 is 13.8. The first kappa shape index (κ1) is 22.2. The number of hydrogen-bond donors (Lipinski definition) is 2. The van der Waals surface area contributed by atoms with Gasteiger partial charge in [-0.25, -0.2) is 4.39 Å². The van der Waals surface area contributed by atoms with Crippen LogP contribution in [0.25, 0.3) is 0 Å². The largest absolute Gasteiger partial charge is 0.355 e. The zero-order chi connectivity index (χ0) is 17.7. The van der Waals surface area contributed by atoms with Crippen molar-refractivity contribution in [1.29, 1.82) is 0 Å². The zero-order valence-electron chi connectivity index (χ0n) is 15.9. The van der Waals surface area contributed by atoms with Crippen LogP contribution in [0.2, 0.25) is 0 Å². The van der Waals surface area contributed by atoms with Crippen molar-refractivity contribution in [3.63, 3.8) is 0 Å². The SMILES string of the molecule is CN=C(NCCN(C(C)C)C(C)C)NC1CC1c1ccccc1F.I. The third-order valence-corrected chi connectivity index (χ3v) is 4.63. The molecule has 1 aromatic carbocycles. The summed E-state index contributed by atoms with van der Waals surface area (Å²) in [5, 5.41) is 6.77. The third-order valence-electron chi connectivity index (χ3n) is 4.63. The highest BCUT2D eigenvalue weighted by Crippen LogP contribution is 2.41. The quantitative estimate of drug-likeness (QED) is 0.370. The van der Waals surface area contributed by atoms with E-state index in [0.29, 0.717) is 12.1 Å². The molecule has 0 radical (unpaired) electrons. The lowest BCUT2D eigenvalue weighted by Gasteiger charge is -2.30. The minimum absolute atomic E-state index is 0. The molecule has 0 spiro atoms. The second-order valence-electron chi connectivity index (χ2n) is 7.04. The predicted molar refractivity (Wildman–Crippen MR) is 114 cm³/mol. The summed E-state index contributed by atoms with van der Waals surface area (Å²) in [6.45, 7) is 10.7. The third kappa shape index (κ3) is 6.40. The lowest BCUT2D eigenvalue weighted by Crippen LogP contribution is -2.45. The molecule has 0 saturated heterocycles. The Hall–Kier alpha value is -0.890. The standard InChI is InChI=1S/C19H31FN4.HI/c1-13(2)24(14(3)4)11-10-22-19(21-5)23-18-12-16(18)15-8-6-7-9-17(15)20;/h6-9,13-14,16,18H,10-12H2,1-5H3,(H2,21,22,23);1H. The summed E-state index contributed by atoms with van der Waals surface area (Å²) in [6, 6.07) is 8.35. The van der Waals surface area contributed by atoms with Gasteiger partial charge in [-0.3, -0.25) is 9.89 Å². The van der Waals surface area contributed by atoms with E-state index in [-0.39, 0.29) is 41.8 Å². The van der Waals surface area contributed by atoms with Crippen LogP contribution in [0.4, 0.5) is 4.39 Å². The van der Waals surface area contributed by atoms with E-state index in [1.54, 1.807) is 13.1 Å². The maximum Gasteiger partial charge on any atom is 0.191 e. The molecule has 142 valence electrons. The van der Waals surface area contributed by atoms with Gasteiger partial charge in [0.25, 0.3) is 0 Å². The molecule has 25 heavy (non-hydrogen) atoms. The maximum absolute atomic E-state index is 13.8. The van der Waals surface area contributed by atoms with Gasteiger partial charge in [0, 0.05) is 44.2 Å². The van der Waals surface area contributed by atoms with Crippen molar-refractivity contribution < 1.29 is 4.39 Å². The Bertz CT molecular complexity index is 554. The topological polar surface area (TPSA) is 39.7 Å². The molecular weight excluding hydrogens is 430 g/mol. The van der Waals surface area contributed by atoms with E-state index in [1.165, 1.54) is 6.07 Å². The fraction of sp³-hybridized carbons (Fsp3) is 0.632. The molecule has 2 atom stereocenters. The molecule has 2 rings (SSSR count). The van der Waals surface area contributed by atoms with Crippen LogP contribution in [0.1, 0.15) is 45.6 Å². The molecule has 1 fully saturated rings. The molecule has 4 nitrogen and oxygen atoms in total. The molecule has 2 N–H and O–H groups in total. The van der Waals surface area contributed by atoms with Gasteiger partial charge in [0.1, 0.15) is 5.82 Å². The van der Waals surface area contributed by atoms with E-state index in [2.05, 4.69) is 48.2 Å². The molecule has 1 aliphatic carbocycles. The van der Waals surface area contributed by atoms with Crippen molar-refractivity contribution in [3.8, 4) is 0 Å². The van der Waals surface area contributed by atoms with E-state index in [4.69, 9.17) is 0 Å². The van der Waals surface area contributed by atoms with Gasteiger partial charge >= 0.3 is 0 Å². The van der Waals surface area contributed by atoms with Gasteiger partial charge in [-0.05, 0) is 45.7 Å². The second-order valence-corrected chi connectivity index (χ2v) is 7.04. The molecule has 0 aromatic heterocycles. The molecule has 0 amide bonds. The Kier molecular flexibility index (Phi) is 9.13. The van der Waals surface area contributed by atoms with E-state index < -0.39 is 0 Å². The monoisotopic (exact) mass is 462 g/mol. The molecule has 1 aromatic rings. The number of benzene rings is 1. The Morgan fingerprint density at radius 2 is 1.88 bits per heavy atom. The normalized spacial score (nSPS) is 20.0. The minimum atomic E-state index is -0.112. The number of rotatable bonds is 7. The average Bonchev–Trinajstić information content (AvgIpc) is 3.28. The predicted octanol–water partition coefficient (Wildman–Crippen LogP) is 3.58. The maximum atomic E-state index is 13.8. The number of guanidine groups is 1. The second kappa shape index (κ2) is 10.3. The number of halogens is 2. The average molecular weight is 462 g/mol. The molecule has 1 saturated carbocycles. The van der Waals surface area contributed by atoms with Gasteiger partial charge in [-0.2, -0.15) is 0 Å². The van der Waals surface area contributed by atoms with Gasteiger partial charge in [0.15, 0.2) is 5.96 Å². The molecule has 0 bridgehead atoms. The minimum Gasteiger partial charge on any atom is -0.355 e. The van der Waals surface area contributed by atoms with Gasteiger partial charge < -0.3 is 10.6 Å². The van der Waals surface area contributed by atoms with Crippen LogP contribution in [-0.2, 0) is 0 Å². The lowest BCUT2D eigenvalue weighted by molar-refractivity contribution is 0.178. The number of nitrogens with one attached hydrogen (secondary N) is 2. The summed E-state index contributed by atoms with van der Waals surface area (Å²) in [6.07, 6.45) is 0.950. The zero-order valence-corrected chi connectivity index (χ0v) is 18.3. The number of hydrogen-bond acceptors (Lipinski definition) is 2. The van der Waals surface area contributed by atoms with Crippen LogP contribution in [0.5, 0.6) is 0 Å². The van der Waals surface area contributed by atoms with Gasteiger partial charge in [0.05, 0.1) is 0 Å². The van der Waals surface area contributed by atoms with E-state index in [0.717, 1.165) is 31.0 Å². The molecule has 0 heterocycles. The van der Waals surface area contributed by atoms with Crippen molar-refractivity contribution in [2.75, 3.05) is 20.1 Å². The van der Waals surface area contributed by atoms with Crippen molar-refractivity contribution in [1.82, 2.24) is 15.5 Å². The fourth-order valence-electron chi connectivity index (χ4n) is 3.26. The summed E-state index contributed by atoms with van der Waals surface area (Å²) in [5.74, 6) is 0.929. The summed E-state index contributed by atoms with van der Waals surface area (Å²) in [4.78, 5) is 6.73. The Balaban J connectivity index is 0.00000312. The van der Waals surface area contributed by atoms with Crippen LogP contribution in [0, 0.1) is 5.82 Å². The first-order chi connectivity index (χ1) is 11.4. The smallest absolute Gasteiger partial charge is 0.191 e. The van der Waals surface area contributed by atoms with Crippen LogP contribution in [0.15, 0.2) is 29.3 Å². The van der Waals surface area contributed by atoms with Crippen LogP contribution < -0.4 is 10.6 Å². The van der Waals surface area contributed by atoms with Crippen molar-refractivity contribution in [2.24, 2.45) is 4.99 Å². The Labute approximate surface area is 168 Å². The van der Waals surface area contributed by atoms with Gasteiger partial charge in [-0.15, -0.1) is 24.0 Å². The highest BCUT2D eigenvalue weighted by Gasteiger charge is 2.40. The van der Waals surface area contributed by atoms with Gasteiger partial charge in [0.2, 0.25) is 0 Å². The number of nitrogens with zero attached hydrogens (tertiary/aromatic N) is 2. The first-order valence-electron chi connectivity index (χ1n) is 8.91. The molecule has 0 aliphatic heterocycles. The van der Waals surface area contributed by atoms with Crippen molar-refractivity contribution >= 4 is 29.9 Å². The molecule has 1 aliphatic rings. The molecule has 6 heteroatoms. The Morgan fingerprint density at radius 3 is 2.44 bits per heavy atom.